The monoisotopic (exact) mass is 322 g/mol. The van der Waals surface area contributed by atoms with Gasteiger partial charge in [0.15, 0.2) is 0 Å². The maximum Gasteiger partial charge on any atom is 0.146 e. The van der Waals surface area contributed by atoms with Gasteiger partial charge in [-0.05, 0) is 36.1 Å². The molecule has 0 amide bonds. The summed E-state index contributed by atoms with van der Waals surface area (Å²) in [5, 5.41) is 2.79. The molecule has 4 rings (SSSR count). The van der Waals surface area contributed by atoms with E-state index in [0.29, 0.717) is 17.4 Å². The summed E-state index contributed by atoms with van der Waals surface area (Å²) in [4.78, 5) is 7.80. The van der Waals surface area contributed by atoms with Crippen molar-refractivity contribution < 1.29 is 4.74 Å². The number of para-hydroxylation sites is 2. The summed E-state index contributed by atoms with van der Waals surface area (Å²) in [7, 11) is 0. The molecule has 4 aromatic rings. The minimum Gasteiger partial charge on any atom is -0.483 e. The van der Waals surface area contributed by atoms with Gasteiger partial charge in [-0.3, -0.25) is 0 Å². The summed E-state index contributed by atoms with van der Waals surface area (Å²) in [5.74, 6) is 1.49. The van der Waals surface area contributed by atoms with Crippen LogP contribution in [0.5, 0.6) is 5.75 Å². The molecular formula is C19H15ClN2O. The zero-order valence-electron chi connectivity index (χ0n) is 12.6. The first kappa shape index (κ1) is 14.1. The van der Waals surface area contributed by atoms with E-state index < -0.39 is 0 Å². The van der Waals surface area contributed by atoms with Crippen LogP contribution in [-0.4, -0.2) is 9.97 Å². The maximum atomic E-state index is 6.40. The Kier molecular flexibility index (Phi) is 3.43. The molecule has 0 atom stereocenters. The summed E-state index contributed by atoms with van der Waals surface area (Å²) in [6, 6.07) is 18.0. The van der Waals surface area contributed by atoms with Gasteiger partial charge in [-0.2, -0.15) is 0 Å². The lowest BCUT2D eigenvalue weighted by Gasteiger charge is -2.12. The van der Waals surface area contributed by atoms with Crippen LogP contribution < -0.4 is 4.74 Å². The number of ether oxygens (including phenoxy) is 1. The van der Waals surface area contributed by atoms with Crippen LogP contribution in [0.3, 0.4) is 0 Å². The molecule has 0 spiro atoms. The van der Waals surface area contributed by atoms with Gasteiger partial charge in [-0.25, -0.2) is 4.98 Å². The van der Waals surface area contributed by atoms with E-state index in [1.54, 1.807) is 0 Å². The van der Waals surface area contributed by atoms with Gasteiger partial charge in [0.2, 0.25) is 0 Å². The Morgan fingerprint density at radius 3 is 2.61 bits per heavy atom. The highest BCUT2D eigenvalue weighted by Crippen LogP contribution is 2.36. The van der Waals surface area contributed by atoms with E-state index in [4.69, 9.17) is 16.3 Å². The van der Waals surface area contributed by atoms with Crippen LogP contribution in [-0.2, 0) is 6.61 Å². The molecule has 0 saturated carbocycles. The van der Waals surface area contributed by atoms with Crippen molar-refractivity contribution in [2.24, 2.45) is 0 Å². The Bertz CT molecular complexity index is 974. The Morgan fingerprint density at radius 1 is 1.04 bits per heavy atom. The number of aryl methyl sites for hydroxylation is 1. The second-order valence-electron chi connectivity index (χ2n) is 5.54. The predicted molar refractivity (Wildman–Crippen MR) is 94.1 cm³/mol. The van der Waals surface area contributed by atoms with Gasteiger partial charge < -0.3 is 9.72 Å². The van der Waals surface area contributed by atoms with Gasteiger partial charge in [0.05, 0.1) is 16.1 Å². The molecule has 0 fully saturated rings. The second kappa shape index (κ2) is 5.60. The van der Waals surface area contributed by atoms with E-state index in [0.717, 1.165) is 33.2 Å². The second-order valence-corrected chi connectivity index (χ2v) is 5.95. The number of aromatic nitrogens is 2. The van der Waals surface area contributed by atoms with Crippen molar-refractivity contribution >= 4 is 33.4 Å². The minimum atomic E-state index is 0.349. The third-order valence-corrected chi connectivity index (χ3v) is 4.23. The predicted octanol–water partition coefficient (Wildman–Crippen LogP) is 5.26. The quantitative estimate of drug-likeness (QED) is 0.559. The van der Waals surface area contributed by atoms with Gasteiger partial charge in [-0.15, -0.1) is 0 Å². The Hall–Kier alpha value is -2.52. The fourth-order valence-corrected chi connectivity index (χ4v) is 3.17. The Morgan fingerprint density at radius 2 is 1.78 bits per heavy atom. The lowest BCUT2D eigenvalue weighted by molar-refractivity contribution is 0.301. The molecule has 0 unspecified atom stereocenters. The molecule has 114 valence electrons. The highest BCUT2D eigenvalue weighted by atomic mass is 35.5. The fourth-order valence-electron chi connectivity index (χ4n) is 2.85. The third kappa shape index (κ3) is 2.53. The zero-order valence-corrected chi connectivity index (χ0v) is 13.4. The molecule has 0 aliphatic carbocycles. The van der Waals surface area contributed by atoms with E-state index in [1.807, 2.05) is 48.5 Å². The van der Waals surface area contributed by atoms with Crippen LogP contribution in [0, 0.1) is 6.92 Å². The van der Waals surface area contributed by atoms with Crippen molar-refractivity contribution in [3.63, 3.8) is 0 Å². The van der Waals surface area contributed by atoms with Gasteiger partial charge in [0.1, 0.15) is 18.2 Å². The maximum absolute atomic E-state index is 6.40. The Balaban J connectivity index is 1.70. The standard InChI is InChI=1S/C19H15ClN2O/c1-12-10-15(20)19(14-7-3-2-6-13(12)14)23-11-18-21-16-8-4-5-9-17(16)22-18/h2-10H,11H2,1H3,(H,21,22). The number of halogens is 1. The molecule has 0 radical (unpaired) electrons. The van der Waals surface area contributed by atoms with Crippen molar-refractivity contribution in [2.75, 3.05) is 0 Å². The van der Waals surface area contributed by atoms with E-state index in [2.05, 4.69) is 23.0 Å². The molecule has 1 N–H and O–H groups in total. The molecule has 4 heteroatoms. The molecule has 23 heavy (non-hydrogen) atoms. The van der Waals surface area contributed by atoms with Crippen LogP contribution in [0.2, 0.25) is 5.02 Å². The summed E-state index contributed by atoms with van der Waals surface area (Å²) < 4.78 is 5.99. The average molecular weight is 323 g/mol. The van der Waals surface area contributed by atoms with Gasteiger partial charge in [0, 0.05) is 5.39 Å². The molecule has 0 bridgehead atoms. The molecule has 1 heterocycles. The highest BCUT2D eigenvalue weighted by molar-refractivity contribution is 6.33. The molecule has 0 saturated heterocycles. The molecule has 0 aliphatic heterocycles. The van der Waals surface area contributed by atoms with E-state index in [1.165, 1.54) is 0 Å². The number of hydrogen-bond acceptors (Lipinski definition) is 2. The Labute approximate surface area is 138 Å². The van der Waals surface area contributed by atoms with Gasteiger partial charge in [0.25, 0.3) is 0 Å². The fraction of sp³-hybridized carbons (Fsp3) is 0.105. The lowest BCUT2D eigenvalue weighted by Crippen LogP contribution is -1.99. The molecule has 3 aromatic carbocycles. The minimum absolute atomic E-state index is 0.349. The van der Waals surface area contributed by atoms with Crippen molar-refractivity contribution in [1.82, 2.24) is 9.97 Å². The summed E-state index contributed by atoms with van der Waals surface area (Å²) in [5.41, 5.74) is 3.08. The molecule has 1 aromatic heterocycles. The summed E-state index contributed by atoms with van der Waals surface area (Å²) in [6.07, 6.45) is 0. The number of fused-ring (bicyclic) bond motifs is 2. The molecule has 0 aliphatic rings. The van der Waals surface area contributed by atoms with Crippen LogP contribution in [0.1, 0.15) is 11.4 Å². The van der Waals surface area contributed by atoms with Crippen LogP contribution in [0.25, 0.3) is 21.8 Å². The van der Waals surface area contributed by atoms with Crippen molar-refractivity contribution in [1.29, 1.82) is 0 Å². The van der Waals surface area contributed by atoms with Crippen molar-refractivity contribution in [3.8, 4) is 5.75 Å². The highest BCUT2D eigenvalue weighted by Gasteiger charge is 2.11. The largest absolute Gasteiger partial charge is 0.483 e. The van der Waals surface area contributed by atoms with Gasteiger partial charge >= 0.3 is 0 Å². The van der Waals surface area contributed by atoms with E-state index >= 15 is 0 Å². The number of benzene rings is 3. The topological polar surface area (TPSA) is 37.9 Å². The lowest BCUT2D eigenvalue weighted by atomic mass is 10.0. The number of nitrogens with zero attached hydrogens (tertiary/aromatic N) is 1. The number of H-pyrrole nitrogens is 1. The van der Waals surface area contributed by atoms with Crippen LogP contribution in [0.15, 0.2) is 54.6 Å². The average Bonchev–Trinajstić information content (AvgIpc) is 2.97. The first-order chi connectivity index (χ1) is 11.2. The van der Waals surface area contributed by atoms with Crippen molar-refractivity contribution in [3.05, 3.63) is 71.0 Å². The van der Waals surface area contributed by atoms with E-state index in [9.17, 15) is 0 Å². The number of nitrogens with one attached hydrogen (secondary N) is 1. The van der Waals surface area contributed by atoms with Crippen LogP contribution in [0.4, 0.5) is 0 Å². The molecule has 3 nitrogen and oxygen atoms in total. The number of rotatable bonds is 3. The number of hydrogen-bond donors (Lipinski definition) is 1. The first-order valence-corrected chi connectivity index (χ1v) is 7.84. The van der Waals surface area contributed by atoms with Gasteiger partial charge in [-0.1, -0.05) is 48.0 Å². The van der Waals surface area contributed by atoms with Crippen molar-refractivity contribution in [2.45, 2.75) is 13.5 Å². The third-order valence-electron chi connectivity index (χ3n) is 3.95. The number of aromatic amines is 1. The first-order valence-electron chi connectivity index (χ1n) is 7.46. The molecular weight excluding hydrogens is 308 g/mol. The smallest absolute Gasteiger partial charge is 0.146 e. The van der Waals surface area contributed by atoms with Crippen LogP contribution >= 0.6 is 11.6 Å². The SMILES string of the molecule is Cc1cc(Cl)c(OCc2nc3ccccc3[nH]2)c2ccccc12. The van der Waals surface area contributed by atoms with E-state index in [-0.39, 0.29) is 0 Å². The summed E-state index contributed by atoms with van der Waals surface area (Å²) >= 11 is 6.40. The zero-order chi connectivity index (χ0) is 15.8. The summed E-state index contributed by atoms with van der Waals surface area (Å²) in [6.45, 7) is 2.40. The number of imidazole rings is 1. The normalized spacial score (nSPS) is 11.2.